The Morgan fingerprint density at radius 3 is 2.21 bits per heavy atom. The summed E-state index contributed by atoms with van der Waals surface area (Å²) in [5, 5.41) is 3.13. The Hall–Kier alpha value is -2.29. The topological polar surface area (TPSA) is 38.3 Å². The van der Waals surface area contributed by atoms with Crippen molar-refractivity contribution in [2.24, 2.45) is 16.7 Å². The predicted octanol–water partition coefficient (Wildman–Crippen LogP) is 6.40. The minimum Gasteiger partial charge on any atom is -0.493 e. The summed E-state index contributed by atoms with van der Waals surface area (Å²) in [6.45, 7) is 15.4. The molecule has 0 aliphatic heterocycles. The Balaban J connectivity index is 2.08. The van der Waals surface area contributed by atoms with Crippen molar-refractivity contribution >= 4 is 11.6 Å². The van der Waals surface area contributed by atoms with Gasteiger partial charge in [0.25, 0.3) is 0 Å². The second-order valence-corrected chi connectivity index (χ2v) is 9.55. The monoisotopic (exact) mass is 381 g/mol. The molecule has 152 valence electrons. The van der Waals surface area contributed by atoms with Gasteiger partial charge < -0.3 is 10.1 Å². The molecule has 0 radical (unpaired) electrons. The summed E-state index contributed by atoms with van der Waals surface area (Å²) in [5.41, 5.74) is 2.70. The van der Waals surface area contributed by atoms with Gasteiger partial charge in [0.05, 0.1) is 6.61 Å². The minimum atomic E-state index is -0.505. The zero-order valence-corrected chi connectivity index (χ0v) is 18.4. The van der Waals surface area contributed by atoms with E-state index in [9.17, 15) is 4.79 Å². The van der Waals surface area contributed by atoms with Gasteiger partial charge in [0.1, 0.15) is 5.75 Å². The van der Waals surface area contributed by atoms with E-state index in [0.717, 1.165) is 23.4 Å². The largest absolute Gasteiger partial charge is 0.493 e. The van der Waals surface area contributed by atoms with Crippen molar-refractivity contribution in [1.29, 1.82) is 0 Å². The van der Waals surface area contributed by atoms with Gasteiger partial charge >= 0.3 is 0 Å². The lowest BCUT2D eigenvalue weighted by atomic mass is 9.71. The van der Waals surface area contributed by atoms with E-state index in [0.29, 0.717) is 6.61 Å². The van der Waals surface area contributed by atoms with Crippen LogP contribution in [0.25, 0.3) is 0 Å². The highest BCUT2D eigenvalue weighted by molar-refractivity contribution is 5.95. The van der Waals surface area contributed by atoms with Gasteiger partial charge in [0, 0.05) is 11.1 Å². The van der Waals surface area contributed by atoms with Gasteiger partial charge in [-0.3, -0.25) is 4.79 Å². The average Bonchev–Trinajstić information content (AvgIpc) is 2.60. The van der Waals surface area contributed by atoms with Crippen molar-refractivity contribution < 1.29 is 9.53 Å². The molecule has 3 nitrogen and oxygen atoms in total. The number of anilines is 1. The zero-order chi connectivity index (χ0) is 20.9. The molecule has 1 N–H and O–H groups in total. The van der Waals surface area contributed by atoms with E-state index < -0.39 is 5.41 Å². The van der Waals surface area contributed by atoms with Gasteiger partial charge in [0.15, 0.2) is 0 Å². The number of carbonyl (C=O) groups excluding carboxylic acids is 1. The molecule has 2 rings (SSSR count). The molecule has 0 aromatic heterocycles. The maximum Gasteiger partial charge on any atom is 0.230 e. The molecule has 3 heteroatoms. The van der Waals surface area contributed by atoms with Gasteiger partial charge in [-0.25, -0.2) is 0 Å². The summed E-state index contributed by atoms with van der Waals surface area (Å²) < 4.78 is 6.04. The fourth-order valence-electron chi connectivity index (χ4n) is 3.28. The SMILES string of the molecule is Cc1ccc(NC(=O)C(C)(C)CC(COc2ccccc2)C(C)(C)C)c(C)c1. The van der Waals surface area contributed by atoms with Crippen LogP contribution in [0.5, 0.6) is 5.75 Å². The number of nitrogens with one attached hydrogen (secondary N) is 1. The number of para-hydroxylation sites is 1. The lowest BCUT2D eigenvalue weighted by Crippen LogP contribution is -2.38. The van der Waals surface area contributed by atoms with Crippen LogP contribution < -0.4 is 10.1 Å². The van der Waals surface area contributed by atoms with Crippen LogP contribution >= 0.6 is 0 Å². The summed E-state index contributed by atoms with van der Waals surface area (Å²) in [6, 6.07) is 16.0. The van der Waals surface area contributed by atoms with Crippen molar-refractivity contribution in [3.63, 3.8) is 0 Å². The van der Waals surface area contributed by atoms with E-state index in [-0.39, 0.29) is 17.2 Å². The molecule has 0 fully saturated rings. The third-order valence-corrected chi connectivity index (χ3v) is 5.42. The third-order valence-electron chi connectivity index (χ3n) is 5.42. The van der Waals surface area contributed by atoms with Crippen LogP contribution in [-0.4, -0.2) is 12.5 Å². The highest BCUT2D eigenvalue weighted by atomic mass is 16.5. The summed E-state index contributed by atoms with van der Waals surface area (Å²) >= 11 is 0. The van der Waals surface area contributed by atoms with Crippen LogP contribution in [0.15, 0.2) is 48.5 Å². The van der Waals surface area contributed by atoms with Crippen LogP contribution in [0, 0.1) is 30.6 Å². The number of hydrogen-bond donors (Lipinski definition) is 1. The summed E-state index contributed by atoms with van der Waals surface area (Å²) in [5.74, 6) is 1.16. The van der Waals surface area contributed by atoms with Crippen LogP contribution in [0.1, 0.15) is 52.2 Å². The van der Waals surface area contributed by atoms with E-state index in [1.54, 1.807) is 0 Å². The van der Waals surface area contributed by atoms with Crippen molar-refractivity contribution in [1.82, 2.24) is 0 Å². The third kappa shape index (κ3) is 6.12. The molecular formula is C25H35NO2. The summed E-state index contributed by atoms with van der Waals surface area (Å²) in [6.07, 6.45) is 0.750. The van der Waals surface area contributed by atoms with Crippen molar-refractivity contribution in [2.75, 3.05) is 11.9 Å². The maximum absolute atomic E-state index is 13.1. The normalized spacial score (nSPS) is 13.1. The lowest BCUT2D eigenvalue weighted by molar-refractivity contribution is -0.125. The highest BCUT2D eigenvalue weighted by Gasteiger charge is 2.36. The van der Waals surface area contributed by atoms with Crippen LogP contribution in [0.4, 0.5) is 5.69 Å². The Kier molecular flexibility index (Phi) is 6.92. The molecule has 0 heterocycles. The van der Waals surface area contributed by atoms with Gasteiger partial charge in [0.2, 0.25) is 5.91 Å². The molecule has 0 bridgehead atoms. The number of hydrogen-bond acceptors (Lipinski definition) is 2. The molecule has 0 spiro atoms. The number of carbonyl (C=O) groups is 1. The summed E-state index contributed by atoms with van der Waals surface area (Å²) in [7, 11) is 0. The number of benzene rings is 2. The quantitative estimate of drug-likeness (QED) is 0.602. The van der Waals surface area contributed by atoms with Crippen LogP contribution in [0.3, 0.4) is 0 Å². The number of ether oxygens (including phenoxy) is 1. The first-order valence-electron chi connectivity index (χ1n) is 10.1. The molecule has 1 unspecified atom stereocenters. The molecule has 1 atom stereocenters. The predicted molar refractivity (Wildman–Crippen MR) is 118 cm³/mol. The van der Waals surface area contributed by atoms with E-state index in [2.05, 4.69) is 39.1 Å². The molecule has 2 aromatic carbocycles. The smallest absolute Gasteiger partial charge is 0.230 e. The van der Waals surface area contributed by atoms with Gasteiger partial charge in [-0.1, -0.05) is 70.5 Å². The Labute approximate surface area is 170 Å². The van der Waals surface area contributed by atoms with Crippen LogP contribution in [-0.2, 0) is 4.79 Å². The van der Waals surface area contributed by atoms with Gasteiger partial charge in [-0.05, 0) is 55.4 Å². The Morgan fingerprint density at radius 1 is 1.00 bits per heavy atom. The van der Waals surface area contributed by atoms with E-state index in [1.807, 2.05) is 63.2 Å². The fraction of sp³-hybridized carbons (Fsp3) is 0.480. The molecular weight excluding hydrogens is 346 g/mol. The second kappa shape index (κ2) is 8.81. The lowest BCUT2D eigenvalue weighted by Gasteiger charge is -2.36. The molecule has 28 heavy (non-hydrogen) atoms. The first kappa shape index (κ1) is 22.0. The number of rotatable bonds is 7. The molecule has 0 saturated heterocycles. The second-order valence-electron chi connectivity index (χ2n) is 9.55. The maximum atomic E-state index is 13.1. The van der Waals surface area contributed by atoms with Crippen LogP contribution in [0.2, 0.25) is 0 Å². The van der Waals surface area contributed by atoms with Gasteiger partial charge in [-0.2, -0.15) is 0 Å². The Morgan fingerprint density at radius 2 is 1.64 bits per heavy atom. The highest BCUT2D eigenvalue weighted by Crippen LogP contribution is 2.37. The van der Waals surface area contributed by atoms with E-state index in [1.165, 1.54) is 5.56 Å². The van der Waals surface area contributed by atoms with E-state index >= 15 is 0 Å². The van der Waals surface area contributed by atoms with E-state index in [4.69, 9.17) is 4.74 Å². The van der Waals surface area contributed by atoms with Crippen molar-refractivity contribution in [2.45, 2.75) is 54.9 Å². The average molecular weight is 382 g/mol. The molecule has 2 aromatic rings. The minimum absolute atomic E-state index is 0.0338. The summed E-state index contributed by atoms with van der Waals surface area (Å²) in [4.78, 5) is 13.1. The Bertz CT molecular complexity index is 788. The fourth-order valence-corrected chi connectivity index (χ4v) is 3.28. The number of aryl methyl sites for hydroxylation is 2. The molecule has 0 saturated carbocycles. The molecule has 1 amide bonds. The zero-order valence-electron chi connectivity index (χ0n) is 18.4. The van der Waals surface area contributed by atoms with Crippen molar-refractivity contribution in [3.05, 3.63) is 59.7 Å². The molecule has 0 aliphatic carbocycles. The number of amides is 1. The standard InChI is InChI=1S/C25H35NO2/c1-18-13-14-22(19(2)15-18)26-23(27)25(6,7)16-20(24(3,4)5)17-28-21-11-9-8-10-12-21/h8-15,20H,16-17H2,1-7H3,(H,26,27). The first-order chi connectivity index (χ1) is 13.0. The van der Waals surface area contributed by atoms with Crippen molar-refractivity contribution in [3.8, 4) is 5.75 Å². The first-order valence-corrected chi connectivity index (χ1v) is 10.1. The molecule has 0 aliphatic rings. The van der Waals surface area contributed by atoms with Gasteiger partial charge in [-0.15, -0.1) is 0 Å².